The van der Waals surface area contributed by atoms with Gasteiger partial charge < -0.3 is 4.74 Å². The molecule has 0 saturated carbocycles. The first-order valence-corrected chi connectivity index (χ1v) is 5.93. The number of rotatable bonds is 3. The maximum Gasteiger partial charge on any atom is 0.259 e. The van der Waals surface area contributed by atoms with E-state index in [1.165, 1.54) is 6.33 Å². The van der Waals surface area contributed by atoms with Gasteiger partial charge in [0, 0.05) is 0 Å². The van der Waals surface area contributed by atoms with Crippen molar-refractivity contribution in [3.8, 4) is 11.6 Å². The minimum Gasteiger partial charge on any atom is -0.435 e. The van der Waals surface area contributed by atoms with Gasteiger partial charge in [-0.05, 0) is 34.5 Å². The van der Waals surface area contributed by atoms with Gasteiger partial charge in [-0.3, -0.25) is 0 Å². The first kappa shape index (κ1) is 12.0. The van der Waals surface area contributed by atoms with Gasteiger partial charge in [-0.15, -0.1) is 0 Å². The normalized spacial score (nSPS) is 10.3. The van der Waals surface area contributed by atoms with E-state index in [-0.39, 0.29) is 5.88 Å². The van der Waals surface area contributed by atoms with Crippen molar-refractivity contribution in [3.05, 3.63) is 46.6 Å². The zero-order chi connectivity index (χ0) is 12.3. The second kappa shape index (κ2) is 5.23. The van der Waals surface area contributed by atoms with Gasteiger partial charge in [-0.1, -0.05) is 19.1 Å². The Morgan fingerprint density at radius 2 is 2.06 bits per heavy atom. The molecular formula is C12H10BrFN2O. The van der Waals surface area contributed by atoms with E-state index in [9.17, 15) is 4.39 Å². The summed E-state index contributed by atoms with van der Waals surface area (Å²) in [5.41, 5.74) is 0.349. The Morgan fingerprint density at radius 3 is 2.76 bits per heavy atom. The summed E-state index contributed by atoms with van der Waals surface area (Å²) in [6.45, 7) is 1.83. The van der Waals surface area contributed by atoms with Crippen molar-refractivity contribution in [2.24, 2.45) is 0 Å². The van der Waals surface area contributed by atoms with Crippen molar-refractivity contribution in [1.29, 1.82) is 0 Å². The predicted octanol–water partition coefficient (Wildman–Crippen LogP) is 3.73. The fourth-order valence-corrected chi connectivity index (χ4v) is 1.70. The molecular weight excluding hydrogens is 287 g/mol. The number of benzene rings is 1. The lowest BCUT2D eigenvalue weighted by molar-refractivity contribution is 0.413. The molecule has 1 aromatic heterocycles. The molecule has 5 heteroatoms. The highest BCUT2D eigenvalue weighted by molar-refractivity contribution is 9.10. The molecule has 0 unspecified atom stereocenters. The van der Waals surface area contributed by atoms with Crippen molar-refractivity contribution in [3.63, 3.8) is 0 Å². The minimum absolute atomic E-state index is 0.0521. The van der Waals surface area contributed by atoms with Crippen LogP contribution in [0.2, 0.25) is 0 Å². The van der Waals surface area contributed by atoms with Crippen LogP contribution in [0.5, 0.6) is 11.6 Å². The molecule has 2 aromatic rings. The largest absolute Gasteiger partial charge is 0.435 e. The van der Waals surface area contributed by atoms with E-state index in [0.717, 1.165) is 4.47 Å². The summed E-state index contributed by atoms with van der Waals surface area (Å²) in [7, 11) is 0. The lowest BCUT2D eigenvalue weighted by Gasteiger charge is -2.08. The Morgan fingerprint density at radius 1 is 1.29 bits per heavy atom. The van der Waals surface area contributed by atoms with E-state index >= 15 is 0 Å². The van der Waals surface area contributed by atoms with Crippen molar-refractivity contribution in [2.75, 3.05) is 0 Å². The summed E-state index contributed by atoms with van der Waals surface area (Å²) < 4.78 is 20.0. The number of nitrogens with zero attached hydrogens (tertiary/aromatic N) is 2. The molecule has 1 aromatic carbocycles. The number of aromatic nitrogens is 2. The van der Waals surface area contributed by atoms with Gasteiger partial charge >= 0.3 is 0 Å². The van der Waals surface area contributed by atoms with Crippen molar-refractivity contribution in [2.45, 2.75) is 13.3 Å². The summed E-state index contributed by atoms with van der Waals surface area (Å²) in [4.78, 5) is 7.64. The Labute approximate surface area is 107 Å². The van der Waals surface area contributed by atoms with Crippen LogP contribution in [0.4, 0.5) is 4.39 Å². The highest BCUT2D eigenvalue weighted by Gasteiger charge is 2.12. The summed E-state index contributed by atoms with van der Waals surface area (Å²) in [6.07, 6.45) is 1.80. The Hall–Kier alpha value is -1.49. The van der Waals surface area contributed by atoms with E-state index in [4.69, 9.17) is 4.74 Å². The van der Waals surface area contributed by atoms with Crippen LogP contribution in [0, 0.1) is 5.82 Å². The van der Waals surface area contributed by atoms with Gasteiger partial charge in [-0.25, -0.2) is 4.98 Å². The third kappa shape index (κ3) is 2.61. The molecule has 3 nitrogen and oxygen atoms in total. The standard InChI is InChI=1S/C12H10BrFN2O/c1-2-9-11(14)12(16-7-15-9)17-10-6-4-3-5-8(10)13/h3-7H,2H2,1H3. The average Bonchev–Trinajstić information content (AvgIpc) is 2.34. The van der Waals surface area contributed by atoms with Gasteiger partial charge in [0.15, 0.2) is 0 Å². The lowest BCUT2D eigenvalue weighted by Crippen LogP contribution is -1.99. The van der Waals surface area contributed by atoms with E-state index in [1.54, 1.807) is 12.1 Å². The van der Waals surface area contributed by atoms with Crippen LogP contribution >= 0.6 is 15.9 Å². The smallest absolute Gasteiger partial charge is 0.259 e. The third-order valence-electron chi connectivity index (χ3n) is 2.21. The molecule has 0 radical (unpaired) electrons. The monoisotopic (exact) mass is 296 g/mol. The van der Waals surface area contributed by atoms with Gasteiger partial charge in [0.1, 0.15) is 12.1 Å². The Balaban J connectivity index is 2.34. The Bertz CT molecular complexity index is 534. The van der Waals surface area contributed by atoms with Gasteiger partial charge in [0.05, 0.1) is 10.2 Å². The van der Waals surface area contributed by atoms with Gasteiger partial charge in [-0.2, -0.15) is 9.37 Å². The zero-order valence-electron chi connectivity index (χ0n) is 9.15. The van der Waals surface area contributed by atoms with Gasteiger partial charge in [0.25, 0.3) is 5.88 Å². The molecule has 0 bridgehead atoms. The first-order valence-electron chi connectivity index (χ1n) is 5.14. The molecule has 88 valence electrons. The second-order valence-electron chi connectivity index (χ2n) is 3.33. The summed E-state index contributed by atoms with van der Waals surface area (Å²) in [5.74, 6) is -0.0401. The van der Waals surface area contributed by atoms with E-state index in [2.05, 4.69) is 25.9 Å². The molecule has 2 rings (SSSR count). The molecule has 0 fully saturated rings. The van der Waals surface area contributed by atoms with Crippen LogP contribution in [0.1, 0.15) is 12.6 Å². The summed E-state index contributed by atoms with van der Waals surface area (Å²) in [6, 6.07) is 7.21. The molecule has 0 N–H and O–H groups in total. The quantitative estimate of drug-likeness (QED) is 0.865. The minimum atomic E-state index is -0.509. The number of halogens is 2. The number of hydrogen-bond acceptors (Lipinski definition) is 3. The fraction of sp³-hybridized carbons (Fsp3) is 0.167. The number of ether oxygens (including phenoxy) is 1. The van der Waals surface area contributed by atoms with Crippen molar-refractivity contribution < 1.29 is 9.13 Å². The third-order valence-corrected chi connectivity index (χ3v) is 2.86. The fourth-order valence-electron chi connectivity index (χ4n) is 1.34. The van der Waals surface area contributed by atoms with Crippen LogP contribution in [-0.2, 0) is 6.42 Å². The van der Waals surface area contributed by atoms with Gasteiger partial charge in [0.2, 0.25) is 5.82 Å². The molecule has 0 saturated heterocycles. The van der Waals surface area contributed by atoms with Crippen molar-refractivity contribution in [1.82, 2.24) is 9.97 Å². The van der Waals surface area contributed by atoms with E-state index in [1.807, 2.05) is 19.1 Å². The second-order valence-corrected chi connectivity index (χ2v) is 4.18. The van der Waals surface area contributed by atoms with Crippen molar-refractivity contribution >= 4 is 15.9 Å². The average molecular weight is 297 g/mol. The summed E-state index contributed by atoms with van der Waals surface area (Å²) >= 11 is 3.32. The SMILES string of the molecule is CCc1ncnc(Oc2ccccc2Br)c1F. The molecule has 0 atom stereocenters. The molecule has 0 amide bonds. The first-order chi connectivity index (χ1) is 8.22. The maximum atomic E-state index is 13.8. The number of aryl methyl sites for hydroxylation is 1. The van der Waals surface area contributed by atoms with Crippen LogP contribution in [0.3, 0.4) is 0 Å². The van der Waals surface area contributed by atoms with Crippen LogP contribution in [0.25, 0.3) is 0 Å². The molecule has 0 aliphatic carbocycles. The van der Waals surface area contributed by atoms with E-state index in [0.29, 0.717) is 17.9 Å². The van der Waals surface area contributed by atoms with Crippen LogP contribution in [0.15, 0.2) is 35.1 Å². The van der Waals surface area contributed by atoms with Crippen LogP contribution < -0.4 is 4.74 Å². The number of hydrogen-bond donors (Lipinski definition) is 0. The molecule has 0 aliphatic heterocycles. The highest BCUT2D eigenvalue weighted by atomic mass is 79.9. The maximum absolute atomic E-state index is 13.8. The lowest BCUT2D eigenvalue weighted by atomic mass is 10.3. The number of para-hydroxylation sites is 1. The molecule has 1 heterocycles. The molecule has 17 heavy (non-hydrogen) atoms. The van der Waals surface area contributed by atoms with E-state index < -0.39 is 5.82 Å². The summed E-state index contributed by atoms with van der Waals surface area (Å²) in [5, 5.41) is 0. The topological polar surface area (TPSA) is 35.0 Å². The highest BCUT2D eigenvalue weighted by Crippen LogP contribution is 2.29. The predicted molar refractivity (Wildman–Crippen MR) is 65.6 cm³/mol. The molecule has 0 aliphatic rings. The zero-order valence-corrected chi connectivity index (χ0v) is 10.7. The van der Waals surface area contributed by atoms with Crippen LogP contribution in [-0.4, -0.2) is 9.97 Å². The Kier molecular flexibility index (Phi) is 3.68. The molecule has 0 spiro atoms.